The molecule has 1 aliphatic heterocycles. The van der Waals surface area contributed by atoms with Crippen LogP contribution in [0.2, 0.25) is 0 Å². The maximum Gasteiger partial charge on any atom is 0.193 e. The highest BCUT2D eigenvalue weighted by Gasteiger charge is 2.23. The van der Waals surface area contributed by atoms with Crippen molar-refractivity contribution in [2.45, 2.75) is 39.5 Å². The van der Waals surface area contributed by atoms with E-state index in [-0.39, 0.29) is 0 Å². The SMILES string of the molecule is CN=C(NCCCCCOC)N1CC(C)CC(C)C1. The summed E-state index contributed by atoms with van der Waals surface area (Å²) in [6, 6.07) is 0. The molecule has 0 amide bonds. The normalized spacial score (nSPS) is 24.6. The molecule has 1 aliphatic rings. The number of nitrogens with zero attached hydrogens (tertiary/aromatic N) is 2. The minimum Gasteiger partial charge on any atom is -0.385 e. The van der Waals surface area contributed by atoms with E-state index in [4.69, 9.17) is 4.74 Å². The highest BCUT2D eigenvalue weighted by atomic mass is 16.5. The maximum atomic E-state index is 5.06. The minimum atomic E-state index is 0.768. The van der Waals surface area contributed by atoms with Gasteiger partial charge in [0.05, 0.1) is 0 Å². The molecule has 0 aromatic heterocycles. The van der Waals surface area contributed by atoms with Crippen LogP contribution in [-0.2, 0) is 4.74 Å². The molecule has 0 aromatic carbocycles. The van der Waals surface area contributed by atoms with Gasteiger partial charge in [0.1, 0.15) is 0 Å². The molecular weight excluding hydrogens is 238 g/mol. The Hall–Kier alpha value is -0.770. The first-order valence-electron chi connectivity index (χ1n) is 7.62. The Bertz CT molecular complexity index is 258. The Labute approximate surface area is 118 Å². The number of methoxy groups -OCH3 is 1. The molecule has 2 unspecified atom stereocenters. The van der Waals surface area contributed by atoms with Gasteiger partial charge in [-0.1, -0.05) is 13.8 Å². The van der Waals surface area contributed by atoms with Gasteiger partial charge in [0.25, 0.3) is 0 Å². The van der Waals surface area contributed by atoms with Crippen LogP contribution in [0.15, 0.2) is 4.99 Å². The monoisotopic (exact) mass is 269 g/mol. The number of likely N-dealkylation sites (tertiary alicyclic amines) is 1. The Morgan fingerprint density at radius 1 is 1.21 bits per heavy atom. The number of ether oxygens (including phenoxy) is 1. The van der Waals surface area contributed by atoms with E-state index in [0.717, 1.165) is 50.5 Å². The van der Waals surface area contributed by atoms with Crippen molar-refractivity contribution in [3.63, 3.8) is 0 Å². The number of rotatable bonds is 6. The summed E-state index contributed by atoms with van der Waals surface area (Å²) >= 11 is 0. The molecule has 1 fully saturated rings. The van der Waals surface area contributed by atoms with Gasteiger partial charge in [0.15, 0.2) is 5.96 Å². The van der Waals surface area contributed by atoms with Crippen LogP contribution in [-0.4, -0.2) is 51.3 Å². The third-order valence-electron chi connectivity index (χ3n) is 3.69. The van der Waals surface area contributed by atoms with Crippen molar-refractivity contribution in [3.8, 4) is 0 Å². The highest BCUT2D eigenvalue weighted by molar-refractivity contribution is 5.79. The predicted molar refractivity (Wildman–Crippen MR) is 81.6 cm³/mol. The molecule has 0 aromatic rings. The van der Waals surface area contributed by atoms with Gasteiger partial charge < -0.3 is 15.0 Å². The lowest BCUT2D eigenvalue weighted by Crippen LogP contribution is -2.48. The Balaban J connectivity index is 2.25. The summed E-state index contributed by atoms with van der Waals surface area (Å²) in [5.74, 6) is 2.61. The molecule has 0 spiro atoms. The van der Waals surface area contributed by atoms with Crippen LogP contribution in [0, 0.1) is 11.8 Å². The number of unbranched alkanes of at least 4 members (excludes halogenated alkanes) is 2. The molecule has 1 N–H and O–H groups in total. The largest absolute Gasteiger partial charge is 0.385 e. The second-order valence-corrected chi connectivity index (χ2v) is 5.88. The number of hydrogen-bond donors (Lipinski definition) is 1. The molecule has 4 heteroatoms. The van der Waals surface area contributed by atoms with Crippen molar-refractivity contribution in [3.05, 3.63) is 0 Å². The number of nitrogens with one attached hydrogen (secondary N) is 1. The third kappa shape index (κ3) is 6.28. The molecule has 2 atom stereocenters. The van der Waals surface area contributed by atoms with Gasteiger partial charge in [-0.3, -0.25) is 4.99 Å². The average Bonchev–Trinajstić information content (AvgIpc) is 2.37. The molecule has 1 heterocycles. The molecule has 0 bridgehead atoms. The first-order chi connectivity index (χ1) is 9.17. The van der Waals surface area contributed by atoms with Crippen molar-refractivity contribution in [2.24, 2.45) is 16.8 Å². The van der Waals surface area contributed by atoms with Crippen LogP contribution in [0.4, 0.5) is 0 Å². The van der Waals surface area contributed by atoms with Crippen LogP contribution >= 0.6 is 0 Å². The number of aliphatic imine (C=N–C) groups is 1. The zero-order valence-corrected chi connectivity index (χ0v) is 13.1. The van der Waals surface area contributed by atoms with E-state index in [0.29, 0.717) is 0 Å². The second kappa shape index (κ2) is 9.18. The van der Waals surface area contributed by atoms with Crippen molar-refractivity contribution in [2.75, 3.05) is 40.4 Å². The topological polar surface area (TPSA) is 36.9 Å². The van der Waals surface area contributed by atoms with Crippen LogP contribution in [0.1, 0.15) is 39.5 Å². The number of hydrogen-bond acceptors (Lipinski definition) is 2. The van der Waals surface area contributed by atoms with Crippen molar-refractivity contribution in [1.29, 1.82) is 0 Å². The van der Waals surface area contributed by atoms with Crippen molar-refractivity contribution >= 4 is 5.96 Å². The lowest BCUT2D eigenvalue weighted by atomic mass is 9.92. The van der Waals surface area contributed by atoms with E-state index in [2.05, 4.69) is 29.1 Å². The molecular formula is C15H31N3O. The second-order valence-electron chi connectivity index (χ2n) is 5.88. The third-order valence-corrected chi connectivity index (χ3v) is 3.69. The van der Waals surface area contributed by atoms with Gasteiger partial charge in [-0.25, -0.2) is 0 Å². The van der Waals surface area contributed by atoms with Gasteiger partial charge in [-0.15, -0.1) is 0 Å². The molecule has 19 heavy (non-hydrogen) atoms. The van der Waals surface area contributed by atoms with Crippen molar-refractivity contribution < 1.29 is 4.74 Å². The first kappa shape index (κ1) is 16.3. The van der Waals surface area contributed by atoms with Crippen LogP contribution < -0.4 is 5.32 Å². The average molecular weight is 269 g/mol. The number of piperidine rings is 1. The molecule has 4 nitrogen and oxygen atoms in total. The molecule has 0 saturated carbocycles. The summed E-state index contributed by atoms with van der Waals surface area (Å²) in [5.41, 5.74) is 0. The van der Waals surface area contributed by atoms with Gasteiger partial charge in [0, 0.05) is 40.4 Å². The first-order valence-corrected chi connectivity index (χ1v) is 7.62. The molecule has 0 radical (unpaired) electrons. The fourth-order valence-electron chi connectivity index (χ4n) is 2.92. The Kier molecular flexibility index (Phi) is 7.87. The fourth-order valence-corrected chi connectivity index (χ4v) is 2.92. The zero-order valence-electron chi connectivity index (χ0n) is 13.1. The highest BCUT2D eigenvalue weighted by Crippen LogP contribution is 2.20. The van der Waals surface area contributed by atoms with E-state index in [1.54, 1.807) is 7.11 Å². The van der Waals surface area contributed by atoms with Gasteiger partial charge in [-0.05, 0) is 37.5 Å². The molecule has 1 saturated heterocycles. The van der Waals surface area contributed by atoms with Crippen LogP contribution in [0.5, 0.6) is 0 Å². The smallest absolute Gasteiger partial charge is 0.193 e. The summed E-state index contributed by atoms with van der Waals surface area (Å²) in [4.78, 5) is 6.83. The standard InChI is InChI=1S/C15H31N3O/c1-13-10-14(2)12-18(11-13)15(16-3)17-8-6-5-7-9-19-4/h13-14H,5-12H2,1-4H3,(H,16,17). The van der Waals surface area contributed by atoms with Crippen LogP contribution in [0.3, 0.4) is 0 Å². The Morgan fingerprint density at radius 3 is 2.47 bits per heavy atom. The van der Waals surface area contributed by atoms with E-state index in [1.165, 1.54) is 19.3 Å². The van der Waals surface area contributed by atoms with Gasteiger partial charge >= 0.3 is 0 Å². The maximum absolute atomic E-state index is 5.06. The molecule has 112 valence electrons. The number of guanidine groups is 1. The van der Waals surface area contributed by atoms with E-state index < -0.39 is 0 Å². The van der Waals surface area contributed by atoms with Gasteiger partial charge in [-0.2, -0.15) is 0 Å². The molecule has 0 aliphatic carbocycles. The summed E-state index contributed by atoms with van der Waals surface area (Å²) < 4.78 is 5.06. The van der Waals surface area contributed by atoms with E-state index in [1.807, 2.05) is 7.05 Å². The fraction of sp³-hybridized carbons (Fsp3) is 0.933. The summed E-state index contributed by atoms with van der Waals surface area (Å²) in [7, 11) is 3.65. The summed E-state index contributed by atoms with van der Waals surface area (Å²) in [6.45, 7) is 8.81. The zero-order chi connectivity index (χ0) is 14.1. The van der Waals surface area contributed by atoms with Crippen LogP contribution in [0.25, 0.3) is 0 Å². The Morgan fingerprint density at radius 2 is 1.89 bits per heavy atom. The summed E-state index contributed by atoms with van der Waals surface area (Å²) in [5, 5.41) is 3.49. The minimum absolute atomic E-state index is 0.768. The lowest BCUT2D eigenvalue weighted by Gasteiger charge is -2.37. The lowest BCUT2D eigenvalue weighted by molar-refractivity contribution is 0.192. The summed E-state index contributed by atoms with van der Waals surface area (Å²) in [6.07, 6.45) is 4.88. The van der Waals surface area contributed by atoms with E-state index in [9.17, 15) is 0 Å². The van der Waals surface area contributed by atoms with Gasteiger partial charge in [0.2, 0.25) is 0 Å². The van der Waals surface area contributed by atoms with E-state index >= 15 is 0 Å². The van der Waals surface area contributed by atoms with Crippen molar-refractivity contribution in [1.82, 2.24) is 10.2 Å². The quantitative estimate of drug-likeness (QED) is 0.457. The predicted octanol–water partition coefficient (Wildman–Crippen LogP) is 2.36. The molecule has 1 rings (SSSR count).